The number of nitrogens with two attached hydrogens (primary N) is 1. The second-order valence-corrected chi connectivity index (χ2v) is 4.50. The molecule has 0 saturated heterocycles. The SMILES string of the molecule is Cc1c(F)cccc1-n1cncc1-c1ccnc(N)c1. The molecule has 2 heterocycles. The maximum Gasteiger partial charge on any atom is 0.128 e. The van der Waals surface area contributed by atoms with Gasteiger partial charge in [-0.2, -0.15) is 0 Å². The first kappa shape index (κ1) is 12.3. The number of anilines is 1. The van der Waals surface area contributed by atoms with Gasteiger partial charge in [0.25, 0.3) is 0 Å². The van der Waals surface area contributed by atoms with Crippen molar-refractivity contribution >= 4 is 5.82 Å². The number of pyridine rings is 1. The zero-order valence-electron chi connectivity index (χ0n) is 10.9. The Labute approximate surface area is 115 Å². The summed E-state index contributed by atoms with van der Waals surface area (Å²) in [6.45, 7) is 1.75. The van der Waals surface area contributed by atoms with Gasteiger partial charge in [-0.25, -0.2) is 14.4 Å². The number of benzene rings is 1. The summed E-state index contributed by atoms with van der Waals surface area (Å²) in [6, 6.07) is 8.59. The van der Waals surface area contributed by atoms with Crippen molar-refractivity contribution in [2.75, 3.05) is 5.73 Å². The molecule has 20 heavy (non-hydrogen) atoms. The molecular formula is C15H13FN4. The molecule has 0 saturated carbocycles. The Morgan fingerprint density at radius 3 is 2.90 bits per heavy atom. The van der Waals surface area contributed by atoms with Crippen LogP contribution in [-0.4, -0.2) is 14.5 Å². The molecule has 3 aromatic rings. The Hall–Kier alpha value is -2.69. The minimum Gasteiger partial charge on any atom is -0.384 e. The Kier molecular flexibility index (Phi) is 2.95. The van der Waals surface area contributed by atoms with Crippen LogP contribution in [0.5, 0.6) is 0 Å². The average molecular weight is 268 g/mol. The average Bonchev–Trinajstić information content (AvgIpc) is 2.91. The molecule has 0 atom stereocenters. The smallest absolute Gasteiger partial charge is 0.128 e. The lowest BCUT2D eigenvalue weighted by molar-refractivity contribution is 0.617. The summed E-state index contributed by atoms with van der Waals surface area (Å²) >= 11 is 0. The van der Waals surface area contributed by atoms with Crippen LogP contribution in [0.15, 0.2) is 49.1 Å². The molecular weight excluding hydrogens is 255 g/mol. The molecule has 4 nitrogen and oxygen atoms in total. The van der Waals surface area contributed by atoms with E-state index in [1.54, 1.807) is 37.8 Å². The molecule has 0 aliphatic rings. The Morgan fingerprint density at radius 1 is 1.25 bits per heavy atom. The Morgan fingerprint density at radius 2 is 2.10 bits per heavy atom. The van der Waals surface area contributed by atoms with E-state index in [-0.39, 0.29) is 5.82 Å². The molecule has 0 bridgehead atoms. The minimum atomic E-state index is -0.239. The normalized spacial score (nSPS) is 10.7. The van der Waals surface area contributed by atoms with Crippen LogP contribution in [0.3, 0.4) is 0 Å². The van der Waals surface area contributed by atoms with E-state index in [1.807, 2.05) is 16.7 Å². The van der Waals surface area contributed by atoms with Crippen molar-refractivity contribution in [1.29, 1.82) is 0 Å². The molecule has 2 aromatic heterocycles. The summed E-state index contributed by atoms with van der Waals surface area (Å²) in [6.07, 6.45) is 5.02. The van der Waals surface area contributed by atoms with Crippen molar-refractivity contribution in [1.82, 2.24) is 14.5 Å². The van der Waals surface area contributed by atoms with Crippen LogP contribution in [0.25, 0.3) is 16.9 Å². The summed E-state index contributed by atoms with van der Waals surface area (Å²) in [5.74, 6) is 0.197. The van der Waals surface area contributed by atoms with E-state index >= 15 is 0 Å². The van der Waals surface area contributed by atoms with E-state index in [1.165, 1.54) is 6.07 Å². The molecule has 3 rings (SSSR count). The largest absolute Gasteiger partial charge is 0.384 e. The van der Waals surface area contributed by atoms with Gasteiger partial charge in [0.1, 0.15) is 11.6 Å². The lowest BCUT2D eigenvalue weighted by Gasteiger charge is -2.11. The number of halogens is 1. The van der Waals surface area contributed by atoms with Crippen LogP contribution in [0.4, 0.5) is 10.2 Å². The van der Waals surface area contributed by atoms with Gasteiger partial charge >= 0.3 is 0 Å². The van der Waals surface area contributed by atoms with Gasteiger partial charge in [-0.3, -0.25) is 4.57 Å². The molecule has 0 amide bonds. The number of hydrogen-bond acceptors (Lipinski definition) is 3. The summed E-state index contributed by atoms with van der Waals surface area (Å²) in [7, 11) is 0. The van der Waals surface area contributed by atoms with Crippen molar-refractivity contribution in [3.05, 3.63) is 60.4 Å². The fourth-order valence-electron chi connectivity index (χ4n) is 2.17. The highest BCUT2D eigenvalue weighted by Crippen LogP contribution is 2.25. The van der Waals surface area contributed by atoms with Crippen molar-refractivity contribution in [2.24, 2.45) is 0 Å². The van der Waals surface area contributed by atoms with Gasteiger partial charge in [0.15, 0.2) is 0 Å². The van der Waals surface area contributed by atoms with Gasteiger partial charge in [0, 0.05) is 17.3 Å². The minimum absolute atomic E-state index is 0.239. The predicted molar refractivity (Wildman–Crippen MR) is 75.9 cm³/mol. The lowest BCUT2D eigenvalue weighted by atomic mass is 10.1. The Balaban J connectivity index is 2.18. The highest BCUT2D eigenvalue weighted by molar-refractivity contribution is 5.64. The summed E-state index contributed by atoms with van der Waals surface area (Å²) in [4.78, 5) is 8.13. The second kappa shape index (κ2) is 4.77. The molecule has 5 heteroatoms. The van der Waals surface area contributed by atoms with Crippen LogP contribution in [-0.2, 0) is 0 Å². The van der Waals surface area contributed by atoms with Crippen LogP contribution >= 0.6 is 0 Å². The predicted octanol–water partition coefficient (Wildman–Crippen LogP) is 2.96. The van der Waals surface area contributed by atoms with Crippen molar-refractivity contribution < 1.29 is 4.39 Å². The highest BCUT2D eigenvalue weighted by atomic mass is 19.1. The fraction of sp³-hybridized carbons (Fsp3) is 0.0667. The van der Waals surface area contributed by atoms with E-state index in [0.29, 0.717) is 11.4 Å². The second-order valence-electron chi connectivity index (χ2n) is 4.50. The van der Waals surface area contributed by atoms with E-state index in [0.717, 1.165) is 16.9 Å². The van der Waals surface area contributed by atoms with Crippen LogP contribution in [0.1, 0.15) is 5.56 Å². The summed E-state index contributed by atoms with van der Waals surface area (Å²) < 4.78 is 15.5. The first-order valence-corrected chi connectivity index (χ1v) is 6.16. The summed E-state index contributed by atoms with van der Waals surface area (Å²) in [5.41, 5.74) is 8.77. The molecule has 0 unspecified atom stereocenters. The topological polar surface area (TPSA) is 56.7 Å². The van der Waals surface area contributed by atoms with E-state index in [4.69, 9.17) is 5.73 Å². The van der Waals surface area contributed by atoms with Crippen LogP contribution in [0, 0.1) is 12.7 Å². The standard InChI is InChI=1S/C15H13FN4/c1-10-12(16)3-2-4-13(10)20-9-18-8-14(20)11-5-6-19-15(17)7-11/h2-9H,1H3,(H2,17,19). The number of nitrogens with zero attached hydrogens (tertiary/aromatic N) is 3. The van der Waals surface area contributed by atoms with Crippen LogP contribution < -0.4 is 5.73 Å². The third kappa shape index (κ3) is 2.03. The fourth-order valence-corrected chi connectivity index (χ4v) is 2.17. The Bertz CT molecular complexity index is 764. The molecule has 0 radical (unpaired) electrons. The lowest BCUT2D eigenvalue weighted by Crippen LogP contribution is -2.00. The first-order valence-electron chi connectivity index (χ1n) is 6.16. The molecule has 0 aliphatic carbocycles. The van der Waals surface area contributed by atoms with Gasteiger partial charge < -0.3 is 5.73 Å². The van der Waals surface area contributed by atoms with E-state index in [2.05, 4.69) is 9.97 Å². The maximum atomic E-state index is 13.7. The van der Waals surface area contributed by atoms with Gasteiger partial charge in [-0.15, -0.1) is 0 Å². The number of nitrogen functional groups attached to an aromatic ring is 1. The molecule has 100 valence electrons. The molecule has 1 aromatic carbocycles. The monoisotopic (exact) mass is 268 g/mol. The maximum absolute atomic E-state index is 13.7. The quantitative estimate of drug-likeness (QED) is 0.777. The van der Waals surface area contributed by atoms with Gasteiger partial charge in [0.05, 0.1) is 23.9 Å². The van der Waals surface area contributed by atoms with E-state index < -0.39 is 0 Å². The zero-order chi connectivity index (χ0) is 14.1. The molecule has 0 fully saturated rings. The number of rotatable bonds is 2. The van der Waals surface area contributed by atoms with Gasteiger partial charge in [-0.1, -0.05) is 6.07 Å². The van der Waals surface area contributed by atoms with Gasteiger partial charge in [0.2, 0.25) is 0 Å². The number of imidazole rings is 1. The third-order valence-corrected chi connectivity index (χ3v) is 3.21. The zero-order valence-corrected chi connectivity index (χ0v) is 10.9. The van der Waals surface area contributed by atoms with Crippen molar-refractivity contribution in [2.45, 2.75) is 6.92 Å². The molecule has 2 N–H and O–H groups in total. The van der Waals surface area contributed by atoms with Gasteiger partial charge in [-0.05, 0) is 31.2 Å². The third-order valence-electron chi connectivity index (χ3n) is 3.21. The highest BCUT2D eigenvalue weighted by Gasteiger charge is 2.11. The first-order chi connectivity index (χ1) is 9.66. The van der Waals surface area contributed by atoms with Crippen molar-refractivity contribution in [3.63, 3.8) is 0 Å². The van der Waals surface area contributed by atoms with Crippen molar-refractivity contribution in [3.8, 4) is 16.9 Å². The van der Waals surface area contributed by atoms with Crippen LogP contribution in [0.2, 0.25) is 0 Å². The molecule has 0 spiro atoms. The van der Waals surface area contributed by atoms with E-state index in [9.17, 15) is 4.39 Å². The number of hydrogen-bond donors (Lipinski definition) is 1. The summed E-state index contributed by atoms with van der Waals surface area (Å²) in [5, 5.41) is 0. The number of aromatic nitrogens is 3. The molecule has 0 aliphatic heterocycles.